The molecular weight excluding hydrogens is 362 g/mol. The summed E-state index contributed by atoms with van der Waals surface area (Å²) in [5, 5.41) is 1.48. The van der Waals surface area contributed by atoms with Crippen molar-refractivity contribution in [2.45, 2.75) is 0 Å². The van der Waals surface area contributed by atoms with Crippen LogP contribution in [0.25, 0.3) is 11.0 Å². The van der Waals surface area contributed by atoms with Crippen molar-refractivity contribution < 1.29 is 9.21 Å². The van der Waals surface area contributed by atoms with Gasteiger partial charge in [-0.15, -0.1) is 11.3 Å². The van der Waals surface area contributed by atoms with Crippen molar-refractivity contribution in [1.29, 1.82) is 0 Å². The monoisotopic (exact) mass is 364 g/mol. The normalized spacial score (nSPS) is 11.2. The first-order valence-corrected chi connectivity index (χ1v) is 7.66. The topological polar surface area (TPSA) is 30.2 Å². The fourth-order valence-electron chi connectivity index (χ4n) is 1.82. The molecule has 0 atom stereocenters. The molecule has 0 aliphatic carbocycles. The molecule has 0 saturated carbocycles. The number of furan rings is 1. The molecule has 0 radical (unpaired) electrons. The van der Waals surface area contributed by atoms with Crippen LogP contribution in [0.1, 0.15) is 16.1 Å². The van der Waals surface area contributed by atoms with E-state index < -0.39 is 0 Å². The minimum atomic E-state index is -0.346. The molecule has 0 saturated heterocycles. The van der Waals surface area contributed by atoms with Crippen molar-refractivity contribution in [2.24, 2.45) is 0 Å². The van der Waals surface area contributed by atoms with Gasteiger partial charge in [0.2, 0.25) is 5.78 Å². The molecule has 2 heterocycles. The van der Waals surface area contributed by atoms with Gasteiger partial charge in [0.05, 0.1) is 14.9 Å². The zero-order valence-electron chi connectivity index (χ0n) is 9.55. The van der Waals surface area contributed by atoms with Crippen LogP contribution in [-0.4, -0.2) is 5.78 Å². The predicted octanol–water partition coefficient (Wildman–Crippen LogP) is 6.34. The first-order chi connectivity index (χ1) is 9.45. The first-order valence-electron chi connectivity index (χ1n) is 5.34. The lowest BCUT2D eigenvalue weighted by Crippen LogP contribution is -1.97. The van der Waals surface area contributed by atoms with Crippen LogP contribution in [0, 0.1) is 0 Å². The molecule has 0 fully saturated rings. The zero-order chi connectivity index (χ0) is 14.4. The third-order valence-corrected chi connectivity index (χ3v) is 4.65. The van der Waals surface area contributed by atoms with Crippen LogP contribution < -0.4 is 0 Å². The summed E-state index contributed by atoms with van der Waals surface area (Å²) in [7, 11) is 0. The van der Waals surface area contributed by atoms with Crippen molar-refractivity contribution in [1.82, 2.24) is 0 Å². The highest BCUT2D eigenvalue weighted by molar-refractivity contribution is 7.20. The van der Waals surface area contributed by atoms with E-state index >= 15 is 0 Å². The first kappa shape index (κ1) is 14.2. The predicted molar refractivity (Wildman–Crippen MR) is 84.0 cm³/mol. The third-order valence-electron chi connectivity index (χ3n) is 2.66. The Morgan fingerprint density at radius 3 is 2.45 bits per heavy atom. The lowest BCUT2D eigenvalue weighted by atomic mass is 10.1. The Morgan fingerprint density at radius 1 is 1.05 bits per heavy atom. The van der Waals surface area contributed by atoms with Crippen molar-refractivity contribution in [2.75, 3.05) is 0 Å². The van der Waals surface area contributed by atoms with E-state index in [-0.39, 0.29) is 11.5 Å². The highest BCUT2D eigenvalue weighted by Crippen LogP contribution is 2.35. The molecule has 0 N–H and O–H groups in total. The zero-order valence-corrected chi connectivity index (χ0v) is 13.4. The number of halogens is 4. The number of benzene rings is 1. The Balaban J connectivity index is 2.13. The average molecular weight is 366 g/mol. The summed E-state index contributed by atoms with van der Waals surface area (Å²) >= 11 is 24.9. The van der Waals surface area contributed by atoms with E-state index in [1.54, 1.807) is 18.2 Å². The number of hydrogen-bond donors (Lipinski definition) is 0. The van der Waals surface area contributed by atoms with Gasteiger partial charge in [-0.1, -0.05) is 46.4 Å². The second-order valence-corrected chi connectivity index (χ2v) is 7.11. The van der Waals surface area contributed by atoms with Gasteiger partial charge in [-0.25, -0.2) is 0 Å². The van der Waals surface area contributed by atoms with Crippen molar-refractivity contribution in [3.8, 4) is 0 Å². The Kier molecular flexibility index (Phi) is 3.73. The number of carbonyl (C=O) groups is 1. The molecule has 0 aliphatic rings. The molecular formula is C13H4Cl4O2S. The van der Waals surface area contributed by atoms with Gasteiger partial charge in [0, 0.05) is 10.4 Å². The van der Waals surface area contributed by atoms with E-state index in [1.165, 1.54) is 6.07 Å². The van der Waals surface area contributed by atoms with E-state index in [9.17, 15) is 4.79 Å². The third kappa shape index (κ3) is 2.45. The van der Waals surface area contributed by atoms with Crippen LogP contribution in [0.5, 0.6) is 0 Å². The summed E-state index contributed by atoms with van der Waals surface area (Å²) in [6.07, 6.45) is 0. The average Bonchev–Trinajstić information content (AvgIpc) is 2.92. The van der Waals surface area contributed by atoms with Crippen LogP contribution in [-0.2, 0) is 0 Å². The molecule has 7 heteroatoms. The van der Waals surface area contributed by atoms with Gasteiger partial charge < -0.3 is 4.42 Å². The molecule has 3 aromatic rings. The number of thiophene rings is 1. The fraction of sp³-hybridized carbons (Fsp3) is 0. The van der Waals surface area contributed by atoms with Crippen LogP contribution in [0.2, 0.25) is 18.7 Å². The standard InChI is InChI=1S/C13H4Cl4O2S/c14-6-1-5-2-9(19-12(5)8(15)3-6)11(18)7-4-10(16)20-13(7)17/h1-4H. The number of rotatable bonds is 2. The summed E-state index contributed by atoms with van der Waals surface area (Å²) in [6, 6.07) is 6.32. The van der Waals surface area contributed by atoms with E-state index in [0.717, 1.165) is 11.3 Å². The lowest BCUT2D eigenvalue weighted by Gasteiger charge is -1.94. The maximum absolute atomic E-state index is 12.3. The van der Waals surface area contributed by atoms with Crippen molar-refractivity contribution in [3.05, 3.63) is 54.3 Å². The van der Waals surface area contributed by atoms with E-state index in [4.69, 9.17) is 50.8 Å². The molecule has 0 aliphatic heterocycles. The van der Waals surface area contributed by atoms with E-state index in [0.29, 0.717) is 35.3 Å². The summed E-state index contributed by atoms with van der Waals surface area (Å²) in [5.41, 5.74) is 0.722. The second kappa shape index (κ2) is 5.24. The van der Waals surface area contributed by atoms with Crippen LogP contribution in [0.4, 0.5) is 0 Å². The van der Waals surface area contributed by atoms with Gasteiger partial charge in [0.25, 0.3) is 0 Å². The van der Waals surface area contributed by atoms with E-state index in [1.807, 2.05) is 0 Å². The Labute approximate surface area is 137 Å². The Morgan fingerprint density at radius 2 is 1.80 bits per heavy atom. The molecule has 102 valence electrons. The van der Waals surface area contributed by atoms with Crippen LogP contribution >= 0.6 is 57.7 Å². The molecule has 0 spiro atoms. The molecule has 0 bridgehead atoms. The lowest BCUT2D eigenvalue weighted by molar-refractivity contribution is 0.101. The summed E-state index contributed by atoms with van der Waals surface area (Å²) in [5.74, 6) is -0.206. The number of ketones is 1. The quantitative estimate of drug-likeness (QED) is 0.496. The number of fused-ring (bicyclic) bond motifs is 1. The van der Waals surface area contributed by atoms with Gasteiger partial charge in [-0.3, -0.25) is 4.79 Å². The highest BCUT2D eigenvalue weighted by atomic mass is 35.5. The van der Waals surface area contributed by atoms with E-state index in [2.05, 4.69) is 0 Å². The molecule has 2 nitrogen and oxygen atoms in total. The van der Waals surface area contributed by atoms with Crippen LogP contribution in [0.3, 0.4) is 0 Å². The maximum Gasteiger partial charge on any atom is 0.230 e. The summed E-state index contributed by atoms with van der Waals surface area (Å²) in [6.45, 7) is 0. The highest BCUT2D eigenvalue weighted by Gasteiger charge is 2.20. The largest absolute Gasteiger partial charge is 0.451 e. The SMILES string of the molecule is O=C(c1cc2cc(Cl)cc(Cl)c2o1)c1cc(Cl)sc1Cl. The van der Waals surface area contributed by atoms with Gasteiger partial charge in [0.15, 0.2) is 11.3 Å². The fourth-order valence-corrected chi connectivity index (χ4v) is 3.82. The minimum absolute atomic E-state index is 0.139. The minimum Gasteiger partial charge on any atom is -0.451 e. The maximum atomic E-state index is 12.3. The smallest absolute Gasteiger partial charge is 0.230 e. The summed E-state index contributed by atoms with van der Waals surface area (Å²) < 4.78 is 6.26. The second-order valence-electron chi connectivity index (χ2n) is 3.98. The number of carbonyl (C=O) groups excluding carboxylic acids is 1. The van der Waals surface area contributed by atoms with Gasteiger partial charge in [-0.2, -0.15) is 0 Å². The Bertz CT molecular complexity index is 834. The molecule has 20 heavy (non-hydrogen) atoms. The molecule has 1 aromatic carbocycles. The van der Waals surface area contributed by atoms with Crippen LogP contribution in [0.15, 0.2) is 28.7 Å². The van der Waals surface area contributed by atoms with Crippen molar-refractivity contribution in [3.63, 3.8) is 0 Å². The van der Waals surface area contributed by atoms with Gasteiger partial charge >= 0.3 is 0 Å². The molecule has 3 rings (SSSR count). The molecule has 2 aromatic heterocycles. The summed E-state index contributed by atoms with van der Waals surface area (Å²) in [4.78, 5) is 12.3. The molecule has 0 unspecified atom stereocenters. The van der Waals surface area contributed by atoms with Gasteiger partial charge in [0.1, 0.15) is 4.34 Å². The van der Waals surface area contributed by atoms with Crippen molar-refractivity contribution >= 4 is 74.5 Å². The molecule has 0 amide bonds. The van der Waals surface area contributed by atoms with Gasteiger partial charge in [-0.05, 0) is 24.3 Å². The Hall–Kier alpha value is -0.710. The number of hydrogen-bond acceptors (Lipinski definition) is 3.